The van der Waals surface area contributed by atoms with E-state index in [0.29, 0.717) is 17.4 Å². The van der Waals surface area contributed by atoms with Gasteiger partial charge in [-0.25, -0.2) is 4.98 Å². The highest BCUT2D eigenvalue weighted by Gasteiger charge is 2.26. The molecule has 146 valence electrons. The lowest BCUT2D eigenvalue weighted by Gasteiger charge is -2.17. The van der Waals surface area contributed by atoms with Crippen molar-refractivity contribution < 1.29 is 9.32 Å². The number of aromatic nitrogens is 4. The molecule has 8 heteroatoms. The van der Waals surface area contributed by atoms with Crippen LogP contribution in [0.5, 0.6) is 0 Å². The molecule has 1 amide bonds. The second-order valence-corrected chi connectivity index (χ2v) is 7.65. The second-order valence-electron chi connectivity index (χ2n) is 6.79. The van der Waals surface area contributed by atoms with Gasteiger partial charge in [0.05, 0.1) is 0 Å². The molecule has 3 aromatic heterocycles. The zero-order valence-electron chi connectivity index (χ0n) is 15.9. The summed E-state index contributed by atoms with van der Waals surface area (Å²) in [7, 11) is 0. The van der Waals surface area contributed by atoms with Gasteiger partial charge < -0.3 is 9.84 Å². The molecule has 0 aliphatic heterocycles. The van der Waals surface area contributed by atoms with Crippen LogP contribution >= 0.6 is 11.3 Å². The van der Waals surface area contributed by atoms with Gasteiger partial charge >= 0.3 is 0 Å². The van der Waals surface area contributed by atoms with Crippen molar-refractivity contribution in [2.75, 3.05) is 0 Å². The standard InChI is InChI=1S/C21H19N5O2S/c1-13(2)17(20-25-18(26-28-20)14-8-10-22-11-9-14)24-19(27)16-12-29-21(23-16)15-6-4-3-5-7-15/h3-13,17H,1-2H3,(H,24,27). The van der Waals surface area contributed by atoms with Gasteiger partial charge in [0.25, 0.3) is 5.91 Å². The second kappa shape index (κ2) is 8.32. The minimum atomic E-state index is -0.424. The molecule has 29 heavy (non-hydrogen) atoms. The Kier molecular flexibility index (Phi) is 5.44. The number of amides is 1. The van der Waals surface area contributed by atoms with Gasteiger partial charge in [0, 0.05) is 28.9 Å². The van der Waals surface area contributed by atoms with E-state index in [9.17, 15) is 4.79 Å². The molecule has 0 bridgehead atoms. The van der Waals surface area contributed by atoms with Gasteiger partial charge in [-0.05, 0) is 18.1 Å². The number of carbonyl (C=O) groups excluding carboxylic acids is 1. The van der Waals surface area contributed by atoms with Crippen molar-refractivity contribution in [3.8, 4) is 22.0 Å². The number of nitrogens with zero attached hydrogens (tertiary/aromatic N) is 4. The quantitative estimate of drug-likeness (QED) is 0.511. The van der Waals surface area contributed by atoms with Crippen molar-refractivity contribution in [1.82, 2.24) is 25.4 Å². The van der Waals surface area contributed by atoms with Gasteiger partial charge in [0.15, 0.2) is 0 Å². The molecule has 1 N–H and O–H groups in total. The Morgan fingerprint density at radius 3 is 2.52 bits per heavy atom. The minimum Gasteiger partial charge on any atom is -0.339 e. The van der Waals surface area contributed by atoms with E-state index in [4.69, 9.17) is 4.52 Å². The Bertz CT molecular complexity index is 1090. The highest BCUT2D eigenvalue weighted by Crippen LogP contribution is 2.26. The molecule has 0 fully saturated rings. The number of pyridine rings is 1. The third-order valence-corrected chi connectivity index (χ3v) is 5.25. The van der Waals surface area contributed by atoms with E-state index in [-0.39, 0.29) is 11.8 Å². The number of thiazole rings is 1. The SMILES string of the molecule is CC(C)C(NC(=O)c1csc(-c2ccccc2)n1)c1nc(-c2ccncc2)no1. The summed E-state index contributed by atoms with van der Waals surface area (Å²) in [5.74, 6) is 0.601. The van der Waals surface area contributed by atoms with Gasteiger partial charge in [0.2, 0.25) is 11.7 Å². The Morgan fingerprint density at radius 1 is 1.03 bits per heavy atom. The third-order valence-electron chi connectivity index (χ3n) is 4.36. The molecule has 1 aromatic carbocycles. The predicted molar refractivity (Wildman–Crippen MR) is 110 cm³/mol. The van der Waals surface area contributed by atoms with Gasteiger partial charge in [0.1, 0.15) is 16.7 Å². The molecule has 0 aliphatic rings. The molecule has 4 aromatic rings. The van der Waals surface area contributed by atoms with Crippen LogP contribution in [0.4, 0.5) is 0 Å². The summed E-state index contributed by atoms with van der Waals surface area (Å²) in [6, 6.07) is 13.0. The highest BCUT2D eigenvalue weighted by molar-refractivity contribution is 7.13. The van der Waals surface area contributed by atoms with Crippen LogP contribution in [-0.4, -0.2) is 26.0 Å². The van der Waals surface area contributed by atoms with Crippen LogP contribution in [0.2, 0.25) is 0 Å². The van der Waals surface area contributed by atoms with E-state index in [0.717, 1.165) is 16.1 Å². The van der Waals surface area contributed by atoms with Gasteiger partial charge in [-0.1, -0.05) is 49.3 Å². The molecule has 1 atom stereocenters. The molecule has 0 saturated heterocycles. The lowest BCUT2D eigenvalue weighted by atomic mass is 10.0. The number of hydrogen-bond donors (Lipinski definition) is 1. The molecular formula is C21H19N5O2S. The molecule has 0 radical (unpaired) electrons. The van der Waals surface area contributed by atoms with Crippen molar-refractivity contribution in [2.45, 2.75) is 19.9 Å². The van der Waals surface area contributed by atoms with Crippen LogP contribution in [0.25, 0.3) is 22.0 Å². The van der Waals surface area contributed by atoms with E-state index in [1.54, 1.807) is 29.9 Å². The third kappa shape index (κ3) is 4.22. The highest BCUT2D eigenvalue weighted by atomic mass is 32.1. The smallest absolute Gasteiger partial charge is 0.271 e. The molecular weight excluding hydrogens is 386 g/mol. The summed E-state index contributed by atoms with van der Waals surface area (Å²) in [5, 5.41) is 9.57. The number of benzene rings is 1. The maximum atomic E-state index is 12.8. The summed E-state index contributed by atoms with van der Waals surface area (Å²) >= 11 is 1.43. The Morgan fingerprint density at radius 2 is 1.79 bits per heavy atom. The maximum absolute atomic E-state index is 12.8. The number of rotatable bonds is 6. The summed E-state index contributed by atoms with van der Waals surface area (Å²) in [5.41, 5.74) is 2.15. The average Bonchev–Trinajstić information content (AvgIpc) is 3.43. The minimum absolute atomic E-state index is 0.0527. The zero-order valence-corrected chi connectivity index (χ0v) is 16.8. The topological polar surface area (TPSA) is 93.8 Å². The molecule has 0 aliphatic carbocycles. The van der Waals surface area contributed by atoms with Crippen LogP contribution in [0, 0.1) is 5.92 Å². The molecule has 3 heterocycles. The average molecular weight is 405 g/mol. The first-order valence-corrected chi connectivity index (χ1v) is 10.1. The molecule has 0 saturated carbocycles. The van der Waals surface area contributed by atoms with Crippen LogP contribution in [-0.2, 0) is 0 Å². The van der Waals surface area contributed by atoms with Gasteiger partial charge in [-0.3, -0.25) is 9.78 Å². The van der Waals surface area contributed by atoms with E-state index in [1.165, 1.54) is 11.3 Å². The molecule has 4 rings (SSSR count). The van der Waals surface area contributed by atoms with E-state index >= 15 is 0 Å². The number of carbonyl (C=O) groups is 1. The summed E-state index contributed by atoms with van der Waals surface area (Å²) in [6.45, 7) is 3.97. The van der Waals surface area contributed by atoms with Crippen LogP contribution < -0.4 is 5.32 Å². The normalized spacial score (nSPS) is 12.1. The number of hydrogen-bond acceptors (Lipinski definition) is 7. The Labute approximate surface area is 171 Å². The fourth-order valence-corrected chi connectivity index (χ4v) is 3.61. The van der Waals surface area contributed by atoms with E-state index in [2.05, 4.69) is 25.4 Å². The molecule has 0 spiro atoms. The monoisotopic (exact) mass is 405 g/mol. The van der Waals surface area contributed by atoms with Gasteiger partial charge in [-0.15, -0.1) is 11.3 Å². The fraction of sp³-hybridized carbons (Fsp3) is 0.190. The first-order chi connectivity index (χ1) is 14.1. The van der Waals surface area contributed by atoms with Crippen LogP contribution in [0.1, 0.15) is 36.3 Å². The maximum Gasteiger partial charge on any atom is 0.271 e. The Balaban J connectivity index is 1.53. The summed E-state index contributed by atoms with van der Waals surface area (Å²) < 4.78 is 5.44. The van der Waals surface area contributed by atoms with Crippen LogP contribution in [0.3, 0.4) is 0 Å². The molecule has 7 nitrogen and oxygen atoms in total. The van der Waals surface area contributed by atoms with E-state index < -0.39 is 6.04 Å². The Hall–Kier alpha value is -3.39. The van der Waals surface area contributed by atoms with Crippen molar-refractivity contribution in [1.29, 1.82) is 0 Å². The van der Waals surface area contributed by atoms with Crippen molar-refractivity contribution in [3.63, 3.8) is 0 Å². The van der Waals surface area contributed by atoms with Crippen molar-refractivity contribution in [3.05, 3.63) is 71.8 Å². The summed E-state index contributed by atoms with van der Waals surface area (Å²) in [4.78, 5) is 25.7. The largest absolute Gasteiger partial charge is 0.339 e. The predicted octanol–water partition coefficient (Wildman–Crippen LogP) is 4.38. The molecule has 1 unspecified atom stereocenters. The summed E-state index contributed by atoms with van der Waals surface area (Å²) in [6.07, 6.45) is 3.33. The van der Waals surface area contributed by atoms with Gasteiger partial charge in [-0.2, -0.15) is 4.98 Å². The van der Waals surface area contributed by atoms with E-state index in [1.807, 2.05) is 44.2 Å². The number of nitrogens with one attached hydrogen (secondary N) is 1. The first-order valence-electron chi connectivity index (χ1n) is 9.17. The van der Waals surface area contributed by atoms with Crippen molar-refractivity contribution in [2.24, 2.45) is 5.92 Å². The fourth-order valence-electron chi connectivity index (χ4n) is 2.80. The van der Waals surface area contributed by atoms with Crippen molar-refractivity contribution >= 4 is 17.2 Å². The lowest BCUT2D eigenvalue weighted by molar-refractivity contribution is 0.0909. The zero-order chi connectivity index (χ0) is 20.2. The van der Waals surface area contributed by atoms with Crippen LogP contribution in [0.15, 0.2) is 64.8 Å². The lowest BCUT2D eigenvalue weighted by Crippen LogP contribution is -2.32. The first kappa shape index (κ1) is 18.9.